The van der Waals surface area contributed by atoms with Gasteiger partial charge in [-0.25, -0.2) is 0 Å². The first-order valence-corrected chi connectivity index (χ1v) is 18.7. The average Bonchev–Trinajstić information content (AvgIpc) is 3.63. The third kappa shape index (κ3) is 6.08. The van der Waals surface area contributed by atoms with Crippen LogP contribution in [0, 0.1) is 0 Å². The van der Waals surface area contributed by atoms with Crippen molar-refractivity contribution >= 4 is 66.8 Å². The maximum Gasteiger partial charge on any atom is 0.135 e. The van der Waals surface area contributed by atoms with Crippen molar-refractivity contribution in [2.75, 3.05) is 9.80 Å². The summed E-state index contributed by atoms with van der Waals surface area (Å²) < 4.78 is 6.28. The van der Waals surface area contributed by atoms with Gasteiger partial charge in [0.25, 0.3) is 0 Å². The Morgan fingerprint density at radius 1 is 0.273 bits per heavy atom. The molecule has 1 aromatic heterocycles. The van der Waals surface area contributed by atoms with E-state index in [1.54, 1.807) is 0 Å². The predicted molar refractivity (Wildman–Crippen MR) is 231 cm³/mol. The van der Waals surface area contributed by atoms with Crippen molar-refractivity contribution in [1.82, 2.24) is 0 Å². The fourth-order valence-electron chi connectivity index (χ4n) is 7.82. The van der Waals surface area contributed by atoms with Gasteiger partial charge in [0.1, 0.15) is 11.2 Å². The zero-order valence-electron chi connectivity index (χ0n) is 30.1. The fraction of sp³-hybridized carbons (Fsp3) is 0. The van der Waals surface area contributed by atoms with Gasteiger partial charge >= 0.3 is 0 Å². The van der Waals surface area contributed by atoms with Crippen molar-refractivity contribution in [2.24, 2.45) is 0 Å². The van der Waals surface area contributed by atoms with E-state index in [9.17, 15) is 0 Å². The summed E-state index contributed by atoms with van der Waals surface area (Å²) >= 11 is 0. The van der Waals surface area contributed by atoms with Crippen LogP contribution in [-0.2, 0) is 0 Å². The Morgan fingerprint density at radius 3 is 1.49 bits per heavy atom. The summed E-state index contributed by atoms with van der Waals surface area (Å²) in [5, 5.41) is 4.61. The van der Waals surface area contributed by atoms with Gasteiger partial charge in [-0.3, -0.25) is 0 Å². The predicted octanol–water partition coefficient (Wildman–Crippen LogP) is 15.0. The summed E-state index contributed by atoms with van der Waals surface area (Å²) in [6.07, 6.45) is 0. The zero-order valence-corrected chi connectivity index (χ0v) is 30.1. The maximum absolute atomic E-state index is 6.28. The molecule has 0 unspecified atom stereocenters. The van der Waals surface area contributed by atoms with E-state index in [0.717, 1.165) is 61.6 Å². The second kappa shape index (κ2) is 13.9. The molecule has 0 saturated carbocycles. The second-order valence-corrected chi connectivity index (χ2v) is 13.8. The fourth-order valence-corrected chi connectivity index (χ4v) is 7.82. The number of hydrogen-bond donors (Lipinski definition) is 0. The molecule has 1 heterocycles. The number of fused-ring (bicyclic) bond motifs is 4. The standard InChI is InChI=1S/C52H36N2O/c1-4-15-37(16-5-1)38-27-29-43(30-28-38)53(41-19-6-2-7-20-41)45-33-40(48-25-14-18-39-17-10-11-23-47(39)48)34-46(35-45)54(42-21-8-3-9-22-42)44-31-32-52-50(36-44)49-24-12-13-26-51(49)55-52/h1-36H. The molecular weight excluding hydrogens is 669 g/mol. The molecule has 0 aliphatic rings. The minimum atomic E-state index is 0.873. The third-order valence-electron chi connectivity index (χ3n) is 10.4. The number of benzene rings is 9. The lowest BCUT2D eigenvalue weighted by atomic mass is 9.96. The Balaban J connectivity index is 1.22. The van der Waals surface area contributed by atoms with E-state index in [1.165, 1.54) is 27.5 Å². The number of rotatable bonds is 8. The van der Waals surface area contributed by atoms with Crippen LogP contribution in [0.3, 0.4) is 0 Å². The molecule has 0 spiro atoms. The van der Waals surface area contributed by atoms with Crippen LogP contribution in [-0.4, -0.2) is 0 Å². The first-order chi connectivity index (χ1) is 27.3. The van der Waals surface area contributed by atoms with Crippen LogP contribution in [0.15, 0.2) is 223 Å². The van der Waals surface area contributed by atoms with E-state index in [4.69, 9.17) is 4.42 Å². The summed E-state index contributed by atoms with van der Waals surface area (Å²) in [7, 11) is 0. The highest BCUT2D eigenvalue weighted by atomic mass is 16.3. The van der Waals surface area contributed by atoms with Crippen molar-refractivity contribution in [3.05, 3.63) is 218 Å². The number of para-hydroxylation sites is 3. The van der Waals surface area contributed by atoms with Gasteiger partial charge in [-0.1, -0.05) is 140 Å². The molecule has 3 heteroatoms. The second-order valence-electron chi connectivity index (χ2n) is 13.8. The monoisotopic (exact) mass is 704 g/mol. The molecule has 10 rings (SSSR count). The molecule has 260 valence electrons. The quantitative estimate of drug-likeness (QED) is 0.157. The number of nitrogens with zero attached hydrogens (tertiary/aromatic N) is 2. The Bertz CT molecular complexity index is 2910. The summed E-state index contributed by atoms with van der Waals surface area (Å²) in [6, 6.07) is 77.8. The molecule has 0 fully saturated rings. The van der Waals surface area contributed by atoms with E-state index in [0.29, 0.717) is 0 Å². The van der Waals surface area contributed by atoms with Crippen LogP contribution >= 0.6 is 0 Å². The maximum atomic E-state index is 6.28. The highest BCUT2D eigenvalue weighted by molar-refractivity contribution is 6.07. The Morgan fingerprint density at radius 2 is 0.782 bits per heavy atom. The van der Waals surface area contributed by atoms with Crippen molar-refractivity contribution in [2.45, 2.75) is 0 Å². The molecule has 0 saturated heterocycles. The van der Waals surface area contributed by atoms with Crippen LogP contribution in [0.1, 0.15) is 0 Å². The molecule has 0 atom stereocenters. The summed E-state index contributed by atoms with van der Waals surface area (Å²) in [5.41, 5.74) is 12.8. The lowest BCUT2D eigenvalue weighted by molar-refractivity contribution is 0.669. The molecule has 0 amide bonds. The number of anilines is 6. The first kappa shape index (κ1) is 32.3. The lowest BCUT2D eigenvalue weighted by Crippen LogP contribution is -2.13. The van der Waals surface area contributed by atoms with Crippen LogP contribution in [0.5, 0.6) is 0 Å². The molecule has 0 radical (unpaired) electrons. The Hall–Kier alpha value is -7.36. The van der Waals surface area contributed by atoms with Crippen LogP contribution in [0.25, 0.3) is 55.0 Å². The van der Waals surface area contributed by atoms with Gasteiger partial charge in [0.05, 0.1) is 0 Å². The summed E-state index contributed by atoms with van der Waals surface area (Å²) in [4.78, 5) is 4.73. The van der Waals surface area contributed by atoms with E-state index in [-0.39, 0.29) is 0 Å². The van der Waals surface area contributed by atoms with Crippen molar-refractivity contribution in [3.63, 3.8) is 0 Å². The topological polar surface area (TPSA) is 19.6 Å². The molecule has 10 aromatic rings. The molecule has 55 heavy (non-hydrogen) atoms. The molecular formula is C52H36N2O. The van der Waals surface area contributed by atoms with E-state index >= 15 is 0 Å². The molecule has 0 aliphatic carbocycles. The molecule has 3 nitrogen and oxygen atoms in total. The zero-order chi connectivity index (χ0) is 36.6. The smallest absolute Gasteiger partial charge is 0.135 e. The third-order valence-corrected chi connectivity index (χ3v) is 10.4. The Labute approximate surface area is 320 Å². The molecule has 9 aromatic carbocycles. The van der Waals surface area contributed by atoms with Gasteiger partial charge in [-0.15, -0.1) is 0 Å². The first-order valence-electron chi connectivity index (χ1n) is 18.7. The van der Waals surface area contributed by atoms with Gasteiger partial charge < -0.3 is 14.2 Å². The average molecular weight is 705 g/mol. The SMILES string of the molecule is c1ccc(-c2ccc(N(c3ccccc3)c3cc(-c4cccc5ccccc45)cc(N(c4ccccc4)c4ccc5oc6ccccc6c5c4)c3)cc2)cc1. The summed E-state index contributed by atoms with van der Waals surface area (Å²) in [5.74, 6) is 0. The molecule has 0 N–H and O–H groups in total. The van der Waals surface area contributed by atoms with E-state index in [2.05, 4.69) is 216 Å². The highest BCUT2D eigenvalue weighted by Crippen LogP contribution is 2.45. The van der Waals surface area contributed by atoms with Gasteiger partial charge in [0, 0.05) is 44.9 Å². The van der Waals surface area contributed by atoms with Crippen molar-refractivity contribution in [1.29, 1.82) is 0 Å². The lowest BCUT2D eigenvalue weighted by Gasteiger charge is -2.30. The van der Waals surface area contributed by atoms with Crippen LogP contribution in [0.4, 0.5) is 34.1 Å². The minimum absolute atomic E-state index is 0.873. The number of hydrogen-bond acceptors (Lipinski definition) is 3. The highest BCUT2D eigenvalue weighted by Gasteiger charge is 2.21. The van der Waals surface area contributed by atoms with Crippen LogP contribution < -0.4 is 9.80 Å². The largest absolute Gasteiger partial charge is 0.456 e. The van der Waals surface area contributed by atoms with Crippen molar-refractivity contribution in [3.8, 4) is 22.3 Å². The van der Waals surface area contributed by atoms with E-state index < -0.39 is 0 Å². The van der Waals surface area contributed by atoms with Gasteiger partial charge in [-0.05, 0) is 112 Å². The summed E-state index contributed by atoms with van der Waals surface area (Å²) in [6.45, 7) is 0. The normalized spacial score (nSPS) is 11.3. The van der Waals surface area contributed by atoms with Crippen molar-refractivity contribution < 1.29 is 4.42 Å². The van der Waals surface area contributed by atoms with Gasteiger partial charge in [-0.2, -0.15) is 0 Å². The molecule has 0 bridgehead atoms. The molecule has 0 aliphatic heterocycles. The van der Waals surface area contributed by atoms with Gasteiger partial charge in [0.15, 0.2) is 0 Å². The van der Waals surface area contributed by atoms with Gasteiger partial charge in [0.2, 0.25) is 0 Å². The van der Waals surface area contributed by atoms with E-state index in [1.807, 2.05) is 12.1 Å². The Kier molecular flexibility index (Phi) is 8.16. The number of furan rings is 1. The minimum Gasteiger partial charge on any atom is -0.456 e. The van der Waals surface area contributed by atoms with Crippen LogP contribution in [0.2, 0.25) is 0 Å².